The minimum Gasteiger partial charge on any atom is -0.369 e. The molecule has 4 aromatic carbocycles. The number of ketones is 1. The van der Waals surface area contributed by atoms with Crippen LogP contribution in [0.3, 0.4) is 0 Å². The van der Waals surface area contributed by atoms with Crippen molar-refractivity contribution in [2.75, 3.05) is 59.4 Å². The first-order valence-corrected chi connectivity index (χ1v) is 14.4. The van der Waals surface area contributed by atoms with Crippen LogP contribution in [0.4, 0.5) is 42.0 Å². The minimum absolute atomic E-state index is 0.248. The number of nitrogens with one attached hydrogen (secondary N) is 4. The molecule has 11 heteroatoms. The van der Waals surface area contributed by atoms with Crippen LogP contribution in [0.25, 0.3) is 5.57 Å². The molecule has 1 fully saturated rings. The molecule has 1 saturated heterocycles. The number of para-hydroxylation sites is 1. The van der Waals surface area contributed by atoms with E-state index in [1.807, 2.05) is 12.1 Å². The first kappa shape index (κ1) is 29.5. The molecular weight excluding hydrogens is 578 g/mol. The van der Waals surface area contributed by atoms with Crippen LogP contribution in [-0.2, 0) is 4.79 Å². The monoisotopic (exact) mass is 608 g/mol. The van der Waals surface area contributed by atoms with E-state index in [0.717, 1.165) is 49.7 Å². The lowest BCUT2D eigenvalue weighted by Crippen LogP contribution is -2.44. The van der Waals surface area contributed by atoms with Crippen molar-refractivity contribution in [1.82, 2.24) is 4.90 Å². The van der Waals surface area contributed by atoms with Crippen molar-refractivity contribution in [3.05, 3.63) is 119 Å². The number of piperazine rings is 1. The van der Waals surface area contributed by atoms with Gasteiger partial charge in [-0.05, 0) is 61.6 Å². The summed E-state index contributed by atoms with van der Waals surface area (Å²) in [5, 5.41) is 10.6. The molecule has 0 bridgehead atoms. The van der Waals surface area contributed by atoms with Crippen LogP contribution in [0, 0.1) is 11.6 Å². The van der Waals surface area contributed by atoms with Crippen molar-refractivity contribution < 1.29 is 23.2 Å². The lowest BCUT2D eigenvalue weighted by Gasteiger charge is -2.34. The summed E-state index contributed by atoms with van der Waals surface area (Å²) < 4.78 is 27.8. The van der Waals surface area contributed by atoms with Crippen LogP contribution >= 0.6 is 0 Å². The summed E-state index contributed by atoms with van der Waals surface area (Å²) in [6, 6.07) is 21.6. The molecule has 45 heavy (non-hydrogen) atoms. The first-order chi connectivity index (χ1) is 21.7. The topological polar surface area (TPSA) is 106 Å². The van der Waals surface area contributed by atoms with Gasteiger partial charge in [-0.25, -0.2) is 13.6 Å². The van der Waals surface area contributed by atoms with Gasteiger partial charge in [0.2, 0.25) is 0 Å². The van der Waals surface area contributed by atoms with Gasteiger partial charge in [0.25, 0.3) is 5.91 Å². The average molecular weight is 609 g/mol. The maximum absolute atomic E-state index is 13.9. The number of nitrogens with zero attached hydrogens (tertiary/aromatic N) is 2. The van der Waals surface area contributed by atoms with E-state index in [1.165, 1.54) is 12.1 Å². The molecule has 0 saturated carbocycles. The van der Waals surface area contributed by atoms with Crippen molar-refractivity contribution in [2.24, 2.45) is 0 Å². The second kappa shape index (κ2) is 12.6. The van der Waals surface area contributed by atoms with E-state index in [1.54, 1.807) is 42.6 Å². The molecule has 2 heterocycles. The number of halogens is 2. The highest BCUT2D eigenvalue weighted by atomic mass is 19.1. The van der Waals surface area contributed by atoms with E-state index in [4.69, 9.17) is 0 Å². The molecule has 0 unspecified atom stereocenters. The van der Waals surface area contributed by atoms with Crippen LogP contribution in [0.1, 0.15) is 21.5 Å². The smallest absolute Gasteiger partial charge is 0.323 e. The zero-order chi connectivity index (χ0) is 31.5. The van der Waals surface area contributed by atoms with Gasteiger partial charge in [0.05, 0.1) is 5.57 Å². The van der Waals surface area contributed by atoms with Crippen molar-refractivity contribution in [3.8, 4) is 0 Å². The van der Waals surface area contributed by atoms with Crippen LogP contribution < -0.4 is 26.2 Å². The highest BCUT2D eigenvalue weighted by Crippen LogP contribution is 2.33. The van der Waals surface area contributed by atoms with Crippen LogP contribution in [0.15, 0.2) is 91.1 Å². The Hall–Kier alpha value is -5.55. The molecule has 2 aliphatic heterocycles. The van der Waals surface area contributed by atoms with E-state index < -0.39 is 23.4 Å². The molecule has 4 N–H and O–H groups in total. The zero-order valence-corrected chi connectivity index (χ0v) is 24.4. The molecule has 228 valence electrons. The maximum Gasteiger partial charge on any atom is 0.323 e. The summed E-state index contributed by atoms with van der Waals surface area (Å²) in [6.45, 7) is 4.01. The Labute approximate surface area is 258 Å². The van der Waals surface area contributed by atoms with Gasteiger partial charge in [-0.15, -0.1) is 0 Å². The van der Waals surface area contributed by atoms with Crippen molar-refractivity contribution in [1.29, 1.82) is 0 Å². The predicted molar refractivity (Wildman–Crippen MR) is 172 cm³/mol. The summed E-state index contributed by atoms with van der Waals surface area (Å²) in [6.07, 6.45) is 1.65. The van der Waals surface area contributed by atoms with Gasteiger partial charge in [0, 0.05) is 71.8 Å². The molecule has 4 aromatic rings. The second-order valence-corrected chi connectivity index (χ2v) is 10.8. The molecule has 0 aromatic heterocycles. The number of hydrogen-bond acceptors (Lipinski definition) is 6. The number of urea groups is 1. The first-order valence-electron chi connectivity index (χ1n) is 14.4. The summed E-state index contributed by atoms with van der Waals surface area (Å²) >= 11 is 0. The van der Waals surface area contributed by atoms with Crippen LogP contribution in [0.5, 0.6) is 0 Å². The summed E-state index contributed by atoms with van der Waals surface area (Å²) in [4.78, 5) is 43.2. The standard InChI is InChI=1S/C34H30F2N6O3/c1-41-14-16-42(17-15-41)25-11-9-23(10-12-25)37-20-27-26-13-8-22(19-30(26)39-33(27)44)32(43)21-4-2-5-24(18-21)38-34(45)40-31-28(35)6-3-7-29(31)36/h2-13,18-20,37H,14-17H2,1H3,(H,39,44)(H2,38,40,45). The fraction of sp³-hybridized carbons (Fsp3) is 0.147. The number of fused-ring (bicyclic) bond motifs is 1. The van der Waals surface area contributed by atoms with Crippen LogP contribution in [0.2, 0.25) is 0 Å². The Morgan fingerprint density at radius 2 is 1.49 bits per heavy atom. The van der Waals surface area contributed by atoms with E-state index in [9.17, 15) is 23.2 Å². The number of rotatable bonds is 7. The summed E-state index contributed by atoms with van der Waals surface area (Å²) in [7, 11) is 2.12. The number of carbonyl (C=O) groups excluding carboxylic acids is 3. The number of likely N-dealkylation sites (N-methyl/N-ethyl adjacent to an activating group) is 1. The van der Waals surface area contributed by atoms with Gasteiger partial charge >= 0.3 is 6.03 Å². The summed E-state index contributed by atoms with van der Waals surface area (Å²) in [5.74, 6) is -2.46. The minimum atomic E-state index is -0.915. The maximum atomic E-state index is 13.9. The van der Waals surface area contributed by atoms with E-state index in [2.05, 4.69) is 50.2 Å². The van der Waals surface area contributed by atoms with Gasteiger partial charge in [-0.2, -0.15) is 0 Å². The molecule has 9 nitrogen and oxygen atoms in total. The fourth-order valence-corrected chi connectivity index (χ4v) is 5.27. The molecule has 2 aliphatic rings. The fourth-order valence-electron chi connectivity index (χ4n) is 5.27. The number of carbonyl (C=O) groups is 3. The Morgan fingerprint density at radius 3 is 2.22 bits per heavy atom. The number of benzene rings is 4. The van der Waals surface area contributed by atoms with Gasteiger partial charge < -0.3 is 31.1 Å². The van der Waals surface area contributed by atoms with Crippen molar-refractivity contribution >= 4 is 51.7 Å². The normalized spacial score (nSPS) is 15.4. The molecule has 0 atom stereocenters. The van der Waals surface area contributed by atoms with Gasteiger partial charge in [0.15, 0.2) is 5.78 Å². The quantitative estimate of drug-likeness (QED) is 0.152. The van der Waals surface area contributed by atoms with Gasteiger partial charge in [-0.1, -0.05) is 30.3 Å². The second-order valence-electron chi connectivity index (χ2n) is 10.8. The molecular formula is C34H30F2N6O3. The lowest BCUT2D eigenvalue weighted by molar-refractivity contribution is -0.110. The Bertz CT molecular complexity index is 1800. The van der Waals surface area contributed by atoms with Gasteiger partial charge in [-0.3, -0.25) is 9.59 Å². The molecule has 0 radical (unpaired) electrons. The highest BCUT2D eigenvalue weighted by Gasteiger charge is 2.25. The third-order valence-corrected chi connectivity index (χ3v) is 7.77. The third-order valence-electron chi connectivity index (χ3n) is 7.77. The Kier molecular flexibility index (Phi) is 8.26. The van der Waals surface area contributed by atoms with Crippen LogP contribution in [-0.4, -0.2) is 55.8 Å². The molecule has 0 spiro atoms. The average Bonchev–Trinajstić information content (AvgIpc) is 3.36. The Morgan fingerprint density at radius 1 is 0.800 bits per heavy atom. The van der Waals surface area contributed by atoms with Crippen molar-refractivity contribution in [3.63, 3.8) is 0 Å². The Balaban J connectivity index is 1.12. The number of amides is 3. The van der Waals surface area contributed by atoms with Gasteiger partial charge in [0.1, 0.15) is 17.3 Å². The molecule has 6 rings (SSSR count). The van der Waals surface area contributed by atoms with E-state index in [0.29, 0.717) is 22.4 Å². The molecule has 3 amide bonds. The zero-order valence-electron chi connectivity index (χ0n) is 24.4. The number of anilines is 5. The van der Waals surface area contributed by atoms with E-state index in [-0.39, 0.29) is 22.9 Å². The van der Waals surface area contributed by atoms with E-state index >= 15 is 0 Å². The number of hydrogen-bond donors (Lipinski definition) is 4. The lowest BCUT2D eigenvalue weighted by atomic mass is 9.99. The summed E-state index contributed by atoms with van der Waals surface area (Å²) in [5.41, 5.74) is 3.87. The molecule has 0 aliphatic carbocycles. The largest absolute Gasteiger partial charge is 0.369 e. The van der Waals surface area contributed by atoms with Crippen molar-refractivity contribution in [2.45, 2.75) is 0 Å². The SMILES string of the molecule is CN1CCN(c2ccc(NC=C3C(=O)Nc4cc(C(=O)c5cccc(NC(=O)Nc6c(F)cccc6F)c5)ccc43)cc2)CC1. The predicted octanol–water partition coefficient (Wildman–Crippen LogP) is 6.00. The highest BCUT2D eigenvalue weighted by molar-refractivity contribution is 6.32. The third kappa shape index (κ3) is 6.53.